The third kappa shape index (κ3) is 7.25. The average molecular weight is 386 g/mol. The highest BCUT2D eigenvalue weighted by Gasteiger charge is 2.13. The molecule has 0 aromatic heterocycles. The lowest BCUT2D eigenvalue weighted by molar-refractivity contribution is -0.137. The summed E-state index contributed by atoms with van der Waals surface area (Å²) < 4.78 is 30.4. The van der Waals surface area contributed by atoms with Gasteiger partial charge in [0.05, 0.1) is 25.4 Å². The number of benzene rings is 2. The average Bonchev–Trinajstić information content (AvgIpc) is 2.72. The van der Waals surface area contributed by atoms with Gasteiger partial charge < -0.3 is 14.2 Å². The molecule has 150 valence electrons. The Bertz CT molecular complexity index is 758. The van der Waals surface area contributed by atoms with Gasteiger partial charge in [-0.2, -0.15) is 0 Å². The van der Waals surface area contributed by atoms with Crippen LogP contribution in [0.5, 0.6) is 0 Å². The summed E-state index contributed by atoms with van der Waals surface area (Å²) in [5, 5.41) is 0. The van der Waals surface area contributed by atoms with Crippen molar-refractivity contribution in [2.45, 2.75) is 33.0 Å². The van der Waals surface area contributed by atoms with E-state index in [1.54, 1.807) is 12.1 Å². The van der Waals surface area contributed by atoms with Gasteiger partial charge in [0.2, 0.25) is 0 Å². The lowest BCUT2D eigenvalue weighted by Gasteiger charge is -2.10. The first-order valence-corrected chi connectivity index (χ1v) is 9.46. The van der Waals surface area contributed by atoms with Crippen LogP contribution in [-0.4, -0.2) is 25.8 Å². The summed E-state index contributed by atoms with van der Waals surface area (Å²) in [5.74, 6) is -1.02. The molecule has 0 amide bonds. The van der Waals surface area contributed by atoms with Crippen LogP contribution < -0.4 is 0 Å². The fourth-order valence-corrected chi connectivity index (χ4v) is 2.43. The Labute approximate surface area is 165 Å². The molecule has 0 aliphatic rings. The normalized spacial score (nSPS) is 10.6. The van der Waals surface area contributed by atoms with Crippen molar-refractivity contribution in [1.82, 2.24) is 0 Å². The van der Waals surface area contributed by atoms with Crippen molar-refractivity contribution in [3.05, 3.63) is 77.6 Å². The smallest absolute Gasteiger partial charge is 0.338 e. The number of ether oxygens (including phenoxy) is 3. The second kappa shape index (κ2) is 12.1. The maximum absolute atomic E-state index is 14.3. The number of carbonyl (C=O) groups excluding carboxylic acids is 1. The fraction of sp³-hybridized carbons (Fsp3) is 0.348. The van der Waals surface area contributed by atoms with Crippen molar-refractivity contribution in [2.24, 2.45) is 0 Å². The van der Waals surface area contributed by atoms with E-state index in [4.69, 9.17) is 14.2 Å². The van der Waals surface area contributed by atoms with Crippen molar-refractivity contribution in [3.63, 3.8) is 0 Å². The molecule has 2 aromatic carbocycles. The standard InChI is InChI=1S/C23H27FO4/c1-3-4-12-26-13-14-27-17-21-11-10-20(15-22(21)24)18(2)23(25)28-16-19-8-6-5-7-9-19/h5-11,15H,2-4,12-14,16-17H2,1H3. The summed E-state index contributed by atoms with van der Waals surface area (Å²) in [4.78, 5) is 12.1. The molecule has 0 bridgehead atoms. The van der Waals surface area contributed by atoms with E-state index in [2.05, 4.69) is 13.5 Å². The first-order valence-electron chi connectivity index (χ1n) is 9.46. The Kier molecular flexibility index (Phi) is 9.39. The largest absolute Gasteiger partial charge is 0.457 e. The summed E-state index contributed by atoms with van der Waals surface area (Å²) in [6.45, 7) is 7.73. The highest BCUT2D eigenvalue weighted by Crippen LogP contribution is 2.19. The van der Waals surface area contributed by atoms with Crippen LogP contribution in [0, 0.1) is 5.82 Å². The molecule has 0 spiro atoms. The maximum atomic E-state index is 14.3. The van der Waals surface area contributed by atoms with Crippen LogP contribution in [0.2, 0.25) is 0 Å². The van der Waals surface area contributed by atoms with Gasteiger partial charge in [-0.3, -0.25) is 0 Å². The number of halogens is 1. The lowest BCUT2D eigenvalue weighted by atomic mass is 10.1. The quantitative estimate of drug-likeness (QED) is 0.295. The SMILES string of the molecule is C=C(C(=O)OCc1ccccc1)c1ccc(COCCOCCCC)c(F)c1. The number of rotatable bonds is 12. The maximum Gasteiger partial charge on any atom is 0.338 e. The molecule has 4 nitrogen and oxygen atoms in total. The predicted octanol–water partition coefficient (Wildman–Crippen LogP) is 4.92. The van der Waals surface area contributed by atoms with Crippen LogP contribution >= 0.6 is 0 Å². The minimum Gasteiger partial charge on any atom is -0.457 e. The highest BCUT2D eigenvalue weighted by atomic mass is 19.1. The Balaban J connectivity index is 1.80. The molecular weight excluding hydrogens is 359 g/mol. The molecule has 0 radical (unpaired) electrons. The van der Waals surface area contributed by atoms with E-state index in [1.807, 2.05) is 30.3 Å². The van der Waals surface area contributed by atoms with Gasteiger partial charge in [0.1, 0.15) is 12.4 Å². The molecule has 0 aliphatic heterocycles. The summed E-state index contributed by atoms with van der Waals surface area (Å²) in [7, 11) is 0. The second-order valence-electron chi connectivity index (χ2n) is 6.36. The monoisotopic (exact) mass is 386 g/mol. The molecule has 0 fully saturated rings. The number of unbranched alkanes of at least 4 members (excludes halogenated alkanes) is 1. The van der Waals surface area contributed by atoms with E-state index in [0.717, 1.165) is 18.4 Å². The molecule has 5 heteroatoms. The van der Waals surface area contributed by atoms with Gasteiger partial charge in [-0.05, 0) is 23.6 Å². The van der Waals surface area contributed by atoms with Gasteiger partial charge in [-0.15, -0.1) is 0 Å². The van der Waals surface area contributed by atoms with E-state index < -0.39 is 11.8 Å². The van der Waals surface area contributed by atoms with Crippen LogP contribution in [-0.2, 0) is 32.2 Å². The fourth-order valence-electron chi connectivity index (χ4n) is 2.43. The molecular formula is C23H27FO4. The van der Waals surface area contributed by atoms with Crippen LogP contribution in [0.25, 0.3) is 5.57 Å². The molecule has 0 unspecified atom stereocenters. The molecule has 2 aromatic rings. The van der Waals surface area contributed by atoms with Gasteiger partial charge in [0, 0.05) is 12.2 Å². The number of hydrogen-bond donors (Lipinski definition) is 0. The first-order chi connectivity index (χ1) is 13.6. The van der Waals surface area contributed by atoms with Crippen molar-refractivity contribution >= 4 is 11.5 Å². The van der Waals surface area contributed by atoms with Gasteiger partial charge in [0.15, 0.2) is 0 Å². The first kappa shape index (κ1) is 21.8. The van der Waals surface area contributed by atoms with E-state index in [1.165, 1.54) is 6.07 Å². The minimum absolute atomic E-state index is 0.117. The summed E-state index contributed by atoms with van der Waals surface area (Å²) in [6.07, 6.45) is 2.11. The van der Waals surface area contributed by atoms with Crippen LogP contribution in [0.15, 0.2) is 55.1 Å². The van der Waals surface area contributed by atoms with Crippen molar-refractivity contribution in [2.75, 3.05) is 19.8 Å². The lowest BCUT2D eigenvalue weighted by Crippen LogP contribution is -2.08. The topological polar surface area (TPSA) is 44.8 Å². The van der Waals surface area contributed by atoms with Crippen molar-refractivity contribution in [1.29, 1.82) is 0 Å². The van der Waals surface area contributed by atoms with Crippen LogP contribution in [0.3, 0.4) is 0 Å². The van der Waals surface area contributed by atoms with Gasteiger partial charge >= 0.3 is 5.97 Å². The predicted molar refractivity (Wildman–Crippen MR) is 107 cm³/mol. The molecule has 28 heavy (non-hydrogen) atoms. The van der Waals surface area contributed by atoms with Crippen molar-refractivity contribution < 1.29 is 23.4 Å². The zero-order chi connectivity index (χ0) is 20.2. The Morgan fingerprint density at radius 2 is 1.75 bits per heavy atom. The Morgan fingerprint density at radius 1 is 1.00 bits per heavy atom. The van der Waals surface area contributed by atoms with E-state index in [-0.39, 0.29) is 18.8 Å². The number of esters is 1. The third-order valence-electron chi connectivity index (χ3n) is 4.13. The molecule has 0 saturated heterocycles. The summed E-state index contributed by atoms with van der Waals surface area (Å²) in [6, 6.07) is 13.9. The Hall–Kier alpha value is -2.50. The third-order valence-corrected chi connectivity index (χ3v) is 4.13. The number of carbonyl (C=O) groups is 1. The van der Waals surface area contributed by atoms with Crippen molar-refractivity contribution in [3.8, 4) is 0 Å². The molecule has 2 rings (SSSR count). The molecule has 0 aliphatic carbocycles. The molecule has 0 saturated carbocycles. The van der Waals surface area contributed by atoms with E-state index >= 15 is 0 Å². The highest BCUT2D eigenvalue weighted by molar-refractivity contribution is 6.15. The van der Waals surface area contributed by atoms with E-state index in [0.29, 0.717) is 30.9 Å². The summed E-state index contributed by atoms with van der Waals surface area (Å²) in [5.41, 5.74) is 1.80. The van der Waals surface area contributed by atoms with Crippen LogP contribution in [0.4, 0.5) is 4.39 Å². The number of hydrogen-bond acceptors (Lipinski definition) is 4. The van der Waals surface area contributed by atoms with E-state index in [9.17, 15) is 9.18 Å². The molecule has 0 heterocycles. The minimum atomic E-state index is -0.573. The molecule has 0 N–H and O–H groups in total. The van der Waals surface area contributed by atoms with Gasteiger partial charge in [-0.1, -0.05) is 62.4 Å². The molecule has 0 atom stereocenters. The van der Waals surface area contributed by atoms with Crippen LogP contribution in [0.1, 0.15) is 36.5 Å². The zero-order valence-electron chi connectivity index (χ0n) is 16.3. The summed E-state index contributed by atoms with van der Waals surface area (Å²) >= 11 is 0. The van der Waals surface area contributed by atoms with Gasteiger partial charge in [0.25, 0.3) is 0 Å². The second-order valence-corrected chi connectivity index (χ2v) is 6.36. The van der Waals surface area contributed by atoms with Gasteiger partial charge in [-0.25, -0.2) is 9.18 Å². The Morgan fingerprint density at radius 3 is 2.46 bits per heavy atom. The zero-order valence-corrected chi connectivity index (χ0v) is 16.3.